The van der Waals surface area contributed by atoms with Gasteiger partial charge in [0, 0.05) is 41.3 Å². The summed E-state index contributed by atoms with van der Waals surface area (Å²) in [5.41, 5.74) is 1.81. The summed E-state index contributed by atoms with van der Waals surface area (Å²) in [6.45, 7) is 3.01. The number of nitrogens with zero attached hydrogens (tertiary/aromatic N) is 5. The molecule has 0 radical (unpaired) electrons. The lowest BCUT2D eigenvalue weighted by Gasteiger charge is -2.35. The van der Waals surface area contributed by atoms with Crippen molar-refractivity contribution in [1.29, 1.82) is 0 Å². The third kappa shape index (κ3) is 4.52. The van der Waals surface area contributed by atoms with Gasteiger partial charge < -0.3 is 4.90 Å². The van der Waals surface area contributed by atoms with Crippen LogP contribution < -0.4 is 0 Å². The molecule has 0 bridgehead atoms. The standard InChI is InChI=1S/C22H24ClN5OS/c1-2-18-5-3-4-14-27(18)20(29)15-30-22-26-25-21(16-10-12-24-13-11-16)28(22)19-8-6-17(23)7-9-19/h6-13,18H,2-5,14-15H2,1H3/t18-/m1/s1. The van der Waals surface area contributed by atoms with Crippen molar-refractivity contribution in [2.45, 2.75) is 43.8 Å². The van der Waals surface area contributed by atoms with Crippen molar-refractivity contribution in [2.75, 3.05) is 12.3 Å². The average Bonchev–Trinajstić information content (AvgIpc) is 3.22. The van der Waals surface area contributed by atoms with Gasteiger partial charge in [-0.3, -0.25) is 14.3 Å². The third-order valence-electron chi connectivity index (χ3n) is 5.40. The molecule has 3 heterocycles. The molecule has 1 aliphatic heterocycles. The minimum atomic E-state index is 0.169. The van der Waals surface area contributed by atoms with Crippen LogP contribution in [0.3, 0.4) is 0 Å². The van der Waals surface area contributed by atoms with Crippen molar-refractivity contribution in [3.8, 4) is 17.1 Å². The number of piperidine rings is 1. The molecule has 4 rings (SSSR count). The van der Waals surface area contributed by atoms with E-state index < -0.39 is 0 Å². The maximum absolute atomic E-state index is 12.9. The number of pyridine rings is 1. The van der Waals surface area contributed by atoms with Crippen molar-refractivity contribution in [2.24, 2.45) is 0 Å². The van der Waals surface area contributed by atoms with E-state index in [9.17, 15) is 4.79 Å². The van der Waals surface area contributed by atoms with Gasteiger partial charge in [0.05, 0.1) is 5.75 Å². The molecule has 0 aliphatic carbocycles. The van der Waals surface area contributed by atoms with E-state index in [2.05, 4.69) is 22.1 Å². The number of aromatic nitrogens is 4. The van der Waals surface area contributed by atoms with Crippen LogP contribution in [0.1, 0.15) is 32.6 Å². The van der Waals surface area contributed by atoms with Gasteiger partial charge in [0.25, 0.3) is 0 Å². The van der Waals surface area contributed by atoms with Crippen molar-refractivity contribution >= 4 is 29.3 Å². The number of carbonyl (C=O) groups excluding carboxylic acids is 1. The first-order valence-electron chi connectivity index (χ1n) is 10.2. The zero-order valence-electron chi connectivity index (χ0n) is 16.9. The van der Waals surface area contributed by atoms with Gasteiger partial charge in [-0.25, -0.2) is 0 Å². The molecule has 0 spiro atoms. The van der Waals surface area contributed by atoms with Crippen LogP contribution in [0.15, 0.2) is 53.9 Å². The summed E-state index contributed by atoms with van der Waals surface area (Å²) in [6.07, 6.45) is 7.85. The van der Waals surface area contributed by atoms with Crippen LogP contribution in [-0.4, -0.2) is 48.9 Å². The highest BCUT2D eigenvalue weighted by Crippen LogP contribution is 2.29. The van der Waals surface area contributed by atoms with Crippen LogP contribution in [0.5, 0.6) is 0 Å². The molecule has 2 aromatic heterocycles. The molecule has 1 aromatic carbocycles. The number of halogens is 1. The quantitative estimate of drug-likeness (QED) is 0.511. The lowest BCUT2D eigenvalue weighted by molar-refractivity contribution is -0.132. The zero-order chi connectivity index (χ0) is 20.9. The lowest BCUT2D eigenvalue weighted by Crippen LogP contribution is -2.44. The van der Waals surface area contributed by atoms with Crippen LogP contribution in [0, 0.1) is 0 Å². The van der Waals surface area contributed by atoms with Crippen LogP contribution in [0.4, 0.5) is 0 Å². The number of amides is 1. The molecule has 1 amide bonds. The van der Waals surface area contributed by atoms with Gasteiger partial charge in [-0.2, -0.15) is 0 Å². The van der Waals surface area contributed by atoms with E-state index in [0.29, 0.717) is 27.8 Å². The maximum Gasteiger partial charge on any atom is 0.233 e. The number of carbonyl (C=O) groups is 1. The molecule has 1 saturated heterocycles. The van der Waals surface area contributed by atoms with E-state index in [-0.39, 0.29) is 5.91 Å². The number of rotatable bonds is 6. The molecule has 8 heteroatoms. The fourth-order valence-electron chi connectivity index (χ4n) is 3.84. The van der Waals surface area contributed by atoms with Crippen LogP contribution in [-0.2, 0) is 4.79 Å². The second-order valence-corrected chi connectivity index (χ2v) is 8.67. The molecular formula is C22H24ClN5OS. The summed E-state index contributed by atoms with van der Waals surface area (Å²) >= 11 is 7.51. The van der Waals surface area contributed by atoms with Gasteiger partial charge in [-0.1, -0.05) is 30.3 Å². The van der Waals surface area contributed by atoms with E-state index >= 15 is 0 Å². The Bertz CT molecular complexity index is 993. The molecule has 0 saturated carbocycles. The number of hydrogen-bond donors (Lipinski definition) is 0. The van der Waals surface area contributed by atoms with E-state index in [4.69, 9.17) is 11.6 Å². The van der Waals surface area contributed by atoms with E-state index in [1.807, 2.05) is 45.9 Å². The molecule has 156 valence electrons. The Balaban J connectivity index is 1.61. The van der Waals surface area contributed by atoms with Gasteiger partial charge in [-0.15, -0.1) is 10.2 Å². The Morgan fingerprint density at radius 3 is 2.63 bits per heavy atom. The smallest absolute Gasteiger partial charge is 0.233 e. The molecule has 0 unspecified atom stereocenters. The number of benzene rings is 1. The van der Waals surface area contributed by atoms with Crippen LogP contribution in [0.2, 0.25) is 5.02 Å². The van der Waals surface area contributed by atoms with Gasteiger partial charge in [0.1, 0.15) is 0 Å². The monoisotopic (exact) mass is 441 g/mol. The highest BCUT2D eigenvalue weighted by molar-refractivity contribution is 7.99. The summed E-state index contributed by atoms with van der Waals surface area (Å²) in [7, 11) is 0. The topological polar surface area (TPSA) is 63.9 Å². The van der Waals surface area contributed by atoms with E-state index in [0.717, 1.165) is 37.1 Å². The Morgan fingerprint density at radius 1 is 1.13 bits per heavy atom. The van der Waals surface area contributed by atoms with Gasteiger partial charge >= 0.3 is 0 Å². The summed E-state index contributed by atoms with van der Waals surface area (Å²) in [5.74, 6) is 1.22. The Hall–Kier alpha value is -2.38. The van der Waals surface area contributed by atoms with Crippen molar-refractivity contribution in [3.63, 3.8) is 0 Å². The maximum atomic E-state index is 12.9. The van der Waals surface area contributed by atoms with Gasteiger partial charge in [-0.05, 0) is 62.1 Å². The molecule has 6 nitrogen and oxygen atoms in total. The van der Waals surface area contributed by atoms with Gasteiger partial charge in [0.15, 0.2) is 11.0 Å². The Morgan fingerprint density at radius 2 is 1.90 bits per heavy atom. The second kappa shape index (κ2) is 9.62. The molecule has 30 heavy (non-hydrogen) atoms. The van der Waals surface area contributed by atoms with E-state index in [1.54, 1.807) is 12.4 Å². The largest absolute Gasteiger partial charge is 0.339 e. The normalized spacial score (nSPS) is 16.6. The van der Waals surface area contributed by atoms with Crippen molar-refractivity contribution in [3.05, 3.63) is 53.8 Å². The summed E-state index contributed by atoms with van der Waals surface area (Å²) in [4.78, 5) is 19.1. The van der Waals surface area contributed by atoms with Gasteiger partial charge in [0.2, 0.25) is 5.91 Å². The predicted octanol–water partition coefficient (Wildman–Crippen LogP) is 4.87. The summed E-state index contributed by atoms with van der Waals surface area (Å²) in [5, 5.41) is 10.2. The number of likely N-dealkylation sites (tertiary alicyclic amines) is 1. The van der Waals surface area contributed by atoms with E-state index in [1.165, 1.54) is 18.2 Å². The van der Waals surface area contributed by atoms with Crippen LogP contribution >= 0.6 is 23.4 Å². The molecule has 3 aromatic rings. The van der Waals surface area contributed by atoms with Crippen molar-refractivity contribution in [1.82, 2.24) is 24.6 Å². The van der Waals surface area contributed by atoms with Crippen molar-refractivity contribution < 1.29 is 4.79 Å². The fourth-order valence-corrected chi connectivity index (χ4v) is 4.80. The minimum Gasteiger partial charge on any atom is -0.339 e. The second-order valence-electron chi connectivity index (χ2n) is 7.29. The average molecular weight is 442 g/mol. The zero-order valence-corrected chi connectivity index (χ0v) is 18.4. The first-order valence-corrected chi connectivity index (χ1v) is 11.6. The predicted molar refractivity (Wildman–Crippen MR) is 120 cm³/mol. The molecule has 1 atom stereocenters. The first kappa shape index (κ1) is 20.9. The first-order chi connectivity index (χ1) is 14.7. The minimum absolute atomic E-state index is 0.169. The number of thioether (sulfide) groups is 1. The lowest BCUT2D eigenvalue weighted by atomic mass is 10.0. The number of hydrogen-bond acceptors (Lipinski definition) is 5. The highest BCUT2D eigenvalue weighted by Gasteiger charge is 2.26. The fraction of sp³-hybridized carbons (Fsp3) is 0.364. The molecule has 1 fully saturated rings. The van der Waals surface area contributed by atoms with Crippen LogP contribution in [0.25, 0.3) is 17.1 Å². The Labute approximate surface area is 185 Å². The summed E-state index contributed by atoms with van der Waals surface area (Å²) in [6, 6.07) is 11.7. The molecular weight excluding hydrogens is 418 g/mol. The molecule has 0 N–H and O–H groups in total. The molecule has 1 aliphatic rings. The highest BCUT2D eigenvalue weighted by atomic mass is 35.5. The Kier molecular flexibility index (Phi) is 6.69. The summed E-state index contributed by atoms with van der Waals surface area (Å²) < 4.78 is 1.97. The third-order valence-corrected chi connectivity index (χ3v) is 6.57. The SMILES string of the molecule is CC[C@@H]1CCCCN1C(=O)CSc1nnc(-c2ccncc2)n1-c1ccc(Cl)cc1.